The topological polar surface area (TPSA) is 49.3 Å². The van der Waals surface area contributed by atoms with E-state index in [1.165, 1.54) is 12.3 Å². The summed E-state index contributed by atoms with van der Waals surface area (Å²) >= 11 is 7.15. The second-order valence-electron chi connectivity index (χ2n) is 5.05. The van der Waals surface area contributed by atoms with Crippen LogP contribution in [-0.2, 0) is 6.54 Å². The molecular formula is C14H14ClFN4OS. The van der Waals surface area contributed by atoms with Gasteiger partial charge in [-0.05, 0) is 23.7 Å². The van der Waals surface area contributed by atoms with Crippen molar-refractivity contribution in [3.63, 3.8) is 0 Å². The van der Waals surface area contributed by atoms with Crippen LogP contribution in [0.25, 0.3) is 0 Å². The number of hydrogen-bond acceptors (Lipinski definition) is 5. The number of aromatic nitrogens is 2. The highest BCUT2D eigenvalue weighted by Crippen LogP contribution is 2.21. The lowest BCUT2D eigenvalue weighted by molar-refractivity contribution is 0.0631. The number of hydrogen-bond donors (Lipinski definition) is 0. The maximum Gasteiger partial charge on any atom is 0.267 e. The van der Waals surface area contributed by atoms with Crippen molar-refractivity contribution in [2.24, 2.45) is 0 Å². The van der Waals surface area contributed by atoms with Crippen LogP contribution in [0.5, 0.6) is 0 Å². The Morgan fingerprint density at radius 1 is 1.32 bits per heavy atom. The first-order valence-corrected chi connectivity index (χ1v) is 8.02. The lowest BCUT2D eigenvalue weighted by Crippen LogP contribution is -2.48. The van der Waals surface area contributed by atoms with Crippen LogP contribution in [0.1, 0.15) is 15.2 Å². The largest absolute Gasteiger partial charge is 0.335 e. The molecule has 0 radical (unpaired) electrons. The van der Waals surface area contributed by atoms with Crippen LogP contribution in [0.15, 0.2) is 24.4 Å². The Morgan fingerprint density at radius 3 is 2.73 bits per heavy atom. The van der Waals surface area contributed by atoms with E-state index in [0.717, 1.165) is 11.5 Å². The molecule has 1 aromatic carbocycles. The third-order valence-electron chi connectivity index (χ3n) is 3.68. The number of carbonyl (C=O) groups is 1. The fourth-order valence-corrected chi connectivity index (χ4v) is 3.14. The SMILES string of the molecule is O=C(c1cnns1)N1CCN(Cc2c(F)cccc2Cl)CC1. The number of halogens is 2. The first kappa shape index (κ1) is 15.3. The second kappa shape index (κ2) is 6.68. The summed E-state index contributed by atoms with van der Waals surface area (Å²) in [5, 5.41) is 4.12. The van der Waals surface area contributed by atoms with Crippen molar-refractivity contribution in [3.8, 4) is 0 Å². The summed E-state index contributed by atoms with van der Waals surface area (Å²) in [7, 11) is 0. The molecule has 8 heteroatoms. The average Bonchev–Trinajstić information content (AvgIpc) is 3.05. The van der Waals surface area contributed by atoms with Crippen LogP contribution in [0, 0.1) is 5.82 Å². The Hall–Kier alpha value is -1.57. The Kier molecular flexibility index (Phi) is 4.66. The van der Waals surface area contributed by atoms with E-state index in [9.17, 15) is 9.18 Å². The molecule has 1 saturated heterocycles. The van der Waals surface area contributed by atoms with Gasteiger partial charge in [-0.1, -0.05) is 22.2 Å². The van der Waals surface area contributed by atoms with Crippen LogP contribution >= 0.6 is 23.1 Å². The number of nitrogens with zero attached hydrogens (tertiary/aromatic N) is 4. The van der Waals surface area contributed by atoms with Crippen LogP contribution < -0.4 is 0 Å². The molecule has 0 spiro atoms. The third-order valence-corrected chi connectivity index (χ3v) is 4.68. The molecule has 1 aromatic heterocycles. The minimum absolute atomic E-state index is 0.0430. The van der Waals surface area contributed by atoms with Crippen molar-refractivity contribution in [1.29, 1.82) is 0 Å². The molecular weight excluding hydrogens is 327 g/mol. The molecule has 22 heavy (non-hydrogen) atoms. The molecule has 2 heterocycles. The van der Waals surface area contributed by atoms with E-state index >= 15 is 0 Å². The van der Waals surface area contributed by atoms with E-state index in [4.69, 9.17) is 11.6 Å². The molecule has 1 amide bonds. The molecule has 0 atom stereocenters. The van der Waals surface area contributed by atoms with E-state index in [2.05, 4.69) is 14.5 Å². The predicted octanol–water partition coefficient (Wildman–Crippen LogP) is 2.29. The molecule has 0 bridgehead atoms. The van der Waals surface area contributed by atoms with Gasteiger partial charge in [0.05, 0.1) is 6.20 Å². The van der Waals surface area contributed by atoms with Gasteiger partial charge >= 0.3 is 0 Å². The molecule has 1 fully saturated rings. The average molecular weight is 341 g/mol. The smallest absolute Gasteiger partial charge is 0.267 e. The first-order chi connectivity index (χ1) is 10.6. The number of piperazine rings is 1. The molecule has 0 saturated carbocycles. The molecule has 5 nitrogen and oxygen atoms in total. The lowest BCUT2D eigenvalue weighted by atomic mass is 10.2. The van der Waals surface area contributed by atoms with Crippen molar-refractivity contribution >= 4 is 29.0 Å². The molecule has 3 rings (SSSR count). The molecule has 1 aliphatic rings. The Morgan fingerprint density at radius 2 is 2.09 bits per heavy atom. The van der Waals surface area contributed by atoms with Crippen molar-refractivity contribution in [2.75, 3.05) is 26.2 Å². The Labute approximate surface area is 136 Å². The maximum absolute atomic E-state index is 13.8. The molecule has 1 aliphatic heterocycles. The predicted molar refractivity (Wildman–Crippen MR) is 82.5 cm³/mol. The van der Waals surface area contributed by atoms with Gasteiger partial charge in [-0.3, -0.25) is 9.69 Å². The van der Waals surface area contributed by atoms with Crippen LogP contribution in [-0.4, -0.2) is 51.5 Å². The molecule has 116 valence electrons. The van der Waals surface area contributed by atoms with Crippen molar-refractivity contribution < 1.29 is 9.18 Å². The summed E-state index contributed by atoms with van der Waals surface area (Å²) in [5.74, 6) is -0.333. The summed E-state index contributed by atoms with van der Waals surface area (Å²) in [4.78, 5) is 16.6. The zero-order valence-corrected chi connectivity index (χ0v) is 13.3. The molecule has 0 aliphatic carbocycles. The summed E-state index contributed by atoms with van der Waals surface area (Å²) in [6.45, 7) is 3.02. The summed E-state index contributed by atoms with van der Waals surface area (Å²) < 4.78 is 17.5. The second-order valence-corrected chi connectivity index (χ2v) is 6.24. The van der Waals surface area contributed by atoms with Gasteiger partial charge in [0.1, 0.15) is 10.7 Å². The molecule has 2 aromatic rings. The number of benzene rings is 1. The first-order valence-electron chi connectivity index (χ1n) is 6.87. The lowest BCUT2D eigenvalue weighted by Gasteiger charge is -2.34. The van der Waals surface area contributed by atoms with E-state index in [0.29, 0.717) is 48.2 Å². The van der Waals surface area contributed by atoms with E-state index < -0.39 is 0 Å². The highest BCUT2D eigenvalue weighted by molar-refractivity contribution is 7.07. The van der Waals surface area contributed by atoms with Gasteiger partial charge in [0.15, 0.2) is 0 Å². The Bertz CT molecular complexity index is 639. The number of amides is 1. The minimum Gasteiger partial charge on any atom is -0.335 e. The normalized spacial score (nSPS) is 16.0. The van der Waals surface area contributed by atoms with Crippen LogP contribution in [0.3, 0.4) is 0 Å². The number of carbonyl (C=O) groups excluding carboxylic acids is 1. The van der Waals surface area contributed by atoms with Crippen molar-refractivity contribution in [1.82, 2.24) is 19.4 Å². The maximum atomic E-state index is 13.8. The highest BCUT2D eigenvalue weighted by Gasteiger charge is 2.24. The van der Waals surface area contributed by atoms with E-state index in [1.54, 1.807) is 17.0 Å². The van der Waals surface area contributed by atoms with E-state index in [1.807, 2.05) is 0 Å². The summed E-state index contributed by atoms with van der Waals surface area (Å²) in [5.41, 5.74) is 0.510. The van der Waals surface area contributed by atoms with E-state index in [-0.39, 0.29) is 11.7 Å². The summed E-state index contributed by atoms with van der Waals surface area (Å²) in [6, 6.07) is 4.70. The quantitative estimate of drug-likeness (QED) is 0.860. The zero-order valence-electron chi connectivity index (χ0n) is 11.7. The fraction of sp³-hybridized carbons (Fsp3) is 0.357. The standard InChI is InChI=1S/C14H14ClFN4OS/c15-11-2-1-3-12(16)10(11)9-19-4-6-20(7-5-19)14(21)13-8-17-18-22-13/h1-3,8H,4-7,9H2. The monoisotopic (exact) mass is 340 g/mol. The van der Waals surface area contributed by atoms with Gasteiger partial charge in [-0.15, -0.1) is 5.10 Å². The van der Waals surface area contributed by atoms with Gasteiger partial charge in [0.25, 0.3) is 5.91 Å². The van der Waals surface area contributed by atoms with Gasteiger partial charge in [0, 0.05) is 43.3 Å². The van der Waals surface area contributed by atoms with Crippen molar-refractivity contribution in [3.05, 3.63) is 45.7 Å². The summed E-state index contributed by atoms with van der Waals surface area (Å²) in [6.07, 6.45) is 1.48. The van der Waals surface area contributed by atoms with Gasteiger partial charge in [-0.2, -0.15) is 0 Å². The van der Waals surface area contributed by atoms with Gasteiger partial charge < -0.3 is 4.90 Å². The molecule has 0 unspecified atom stereocenters. The fourth-order valence-electron chi connectivity index (χ4n) is 2.43. The van der Waals surface area contributed by atoms with Gasteiger partial charge in [-0.25, -0.2) is 4.39 Å². The highest BCUT2D eigenvalue weighted by atomic mass is 35.5. The number of rotatable bonds is 3. The third kappa shape index (κ3) is 3.26. The zero-order chi connectivity index (χ0) is 15.5. The van der Waals surface area contributed by atoms with Gasteiger partial charge in [0.2, 0.25) is 0 Å². The van der Waals surface area contributed by atoms with Crippen LogP contribution in [0.4, 0.5) is 4.39 Å². The molecule has 0 N–H and O–H groups in total. The van der Waals surface area contributed by atoms with Crippen molar-refractivity contribution in [2.45, 2.75) is 6.54 Å². The Balaban J connectivity index is 1.59. The minimum atomic E-state index is -0.290. The van der Waals surface area contributed by atoms with Crippen LogP contribution in [0.2, 0.25) is 5.02 Å².